The molecule has 1 aromatic rings. The van der Waals surface area contributed by atoms with Crippen LogP contribution in [0.15, 0.2) is 24.3 Å². The van der Waals surface area contributed by atoms with Crippen LogP contribution in [0.2, 0.25) is 0 Å². The summed E-state index contributed by atoms with van der Waals surface area (Å²) in [5.41, 5.74) is 2.66. The van der Waals surface area contributed by atoms with E-state index in [1.54, 1.807) is 0 Å². The van der Waals surface area contributed by atoms with Crippen LogP contribution in [0.5, 0.6) is 0 Å². The van der Waals surface area contributed by atoms with Gasteiger partial charge in [-0.25, -0.2) is 0 Å². The fourth-order valence-electron chi connectivity index (χ4n) is 2.31. The Morgan fingerprint density at radius 3 is 2.53 bits per heavy atom. The normalized spacial score (nSPS) is 14.4. The van der Waals surface area contributed by atoms with Gasteiger partial charge < -0.3 is 10.2 Å². The number of rotatable bonds is 6. The lowest BCUT2D eigenvalue weighted by Gasteiger charge is -2.34. The molecule has 0 bridgehead atoms. The molecule has 1 N–H and O–H groups in total. The van der Waals surface area contributed by atoms with Gasteiger partial charge in [0.05, 0.1) is 0 Å². The van der Waals surface area contributed by atoms with E-state index >= 15 is 0 Å². The molecule has 17 heavy (non-hydrogen) atoms. The highest BCUT2D eigenvalue weighted by Crippen LogP contribution is 2.21. The zero-order valence-corrected chi connectivity index (χ0v) is 11.8. The van der Waals surface area contributed by atoms with E-state index in [1.165, 1.54) is 11.3 Å². The van der Waals surface area contributed by atoms with Gasteiger partial charge in [-0.1, -0.05) is 19.1 Å². The summed E-state index contributed by atoms with van der Waals surface area (Å²) >= 11 is 0. The molecule has 2 atom stereocenters. The minimum absolute atomic E-state index is 0.550. The summed E-state index contributed by atoms with van der Waals surface area (Å²) in [4.78, 5) is 2.48. The van der Waals surface area contributed by atoms with E-state index in [-0.39, 0.29) is 0 Å². The maximum atomic E-state index is 3.26. The van der Waals surface area contributed by atoms with Crippen molar-refractivity contribution in [3.8, 4) is 0 Å². The van der Waals surface area contributed by atoms with E-state index < -0.39 is 0 Å². The van der Waals surface area contributed by atoms with Crippen LogP contribution in [0.3, 0.4) is 0 Å². The van der Waals surface area contributed by atoms with Gasteiger partial charge in [-0.05, 0) is 58.0 Å². The van der Waals surface area contributed by atoms with Gasteiger partial charge in [0, 0.05) is 18.3 Å². The Hall–Kier alpha value is -1.02. The van der Waals surface area contributed by atoms with Crippen LogP contribution in [-0.2, 0) is 0 Å². The van der Waals surface area contributed by atoms with Crippen LogP contribution in [0.25, 0.3) is 0 Å². The lowest BCUT2D eigenvalue weighted by atomic mass is 10.0. The number of nitrogens with zero attached hydrogens (tertiary/aromatic N) is 1. The van der Waals surface area contributed by atoms with Crippen molar-refractivity contribution in [3.05, 3.63) is 29.8 Å². The van der Waals surface area contributed by atoms with Crippen molar-refractivity contribution in [1.29, 1.82) is 0 Å². The molecule has 0 radical (unpaired) electrons. The second-order valence-corrected chi connectivity index (χ2v) is 4.90. The SMILES string of the molecule is CCN(c1cccc(C)c1)C(C)C(C)CNC. The van der Waals surface area contributed by atoms with Crippen molar-refractivity contribution < 1.29 is 0 Å². The van der Waals surface area contributed by atoms with Crippen LogP contribution in [0, 0.1) is 12.8 Å². The number of hydrogen-bond donors (Lipinski definition) is 1. The third kappa shape index (κ3) is 3.74. The van der Waals surface area contributed by atoms with Crippen molar-refractivity contribution in [2.45, 2.75) is 33.7 Å². The van der Waals surface area contributed by atoms with Gasteiger partial charge in [0.2, 0.25) is 0 Å². The van der Waals surface area contributed by atoms with Crippen molar-refractivity contribution in [1.82, 2.24) is 5.32 Å². The van der Waals surface area contributed by atoms with E-state index in [9.17, 15) is 0 Å². The zero-order valence-electron chi connectivity index (χ0n) is 11.8. The lowest BCUT2D eigenvalue weighted by molar-refractivity contribution is 0.437. The number of aryl methyl sites for hydroxylation is 1. The Morgan fingerprint density at radius 1 is 1.29 bits per heavy atom. The first kappa shape index (κ1) is 14.0. The summed E-state index contributed by atoms with van der Waals surface area (Å²) < 4.78 is 0. The van der Waals surface area contributed by atoms with Gasteiger partial charge in [-0.3, -0.25) is 0 Å². The number of hydrogen-bond acceptors (Lipinski definition) is 2. The highest BCUT2D eigenvalue weighted by molar-refractivity contribution is 5.49. The second kappa shape index (κ2) is 6.65. The molecule has 0 saturated carbocycles. The number of anilines is 1. The van der Waals surface area contributed by atoms with Gasteiger partial charge in [-0.15, -0.1) is 0 Å². The predicted molar refractivity (Wildman–Crippen MR) is 76.8 cm³/mol. The Balaban J connectivity index is 2.83. The molecular formula is C15H26N2. The second-order valence-electron chi connectivity index (χ2n) is 4.90. The Morgan fingerprint density at radius 2 is 2.00 bits per heavy atom. The molecule has 0 aliphatic carbocycles. The van der Waals surface area contributed by atoms with E-state index in [0.717, 1.165) is 13.1 Å². The van der Waals surface area contributed by atoms with Gasteiger partial charge in [0.15, 0.2) is 0 Å². The molecule has 2 unspecified atom stereocenters. The van der Waals surface area contributed by atoms with E-state index in [0.29, 0.717) is 12.0 Å². The molecular weight excluding hydrogens is 208 g/mol. The quantitative estimate of drug-likeness (QED) is 0.814. The van der Waals surface area contributed by atoms with Gasteiger partial charge >= 0.3 is 0 Å². The predicted octanol–water partition coefficient (Wildman–Crippen LogP) is 3.07. The molecule has 2 nitrogen and oxygen atoms in total. The van der Waals surface area contributed by atoms with E-state index in [1.807, 2.05) is 7.05 Å². The smallest absolute Gasteiger partial charge is 0.0371 e. The average Bonchev–Trinajstić information content (AvgIpc) is 2.30. The van der Waals surface area contributed by atoms with Crippen LogP contribution in [0.4, 0.5) is 5.69 Å². The van der Waals surface area contributed by atoms with Crippen LogP contribution < -0.4 is 10.2 Å². The molecule has 0 aromatic heterocycles. The monoisotopic (exact) mass is 234 g/mol. The molecule has 0 heterocycles. The molecule has 0 saturated heterocycles. The summed E-state index contributed by atoms with van der Waals surface area (Å²) in [5, 5.41) is 3.26. The van der Waals surface area contributed by atoms with Crippen LogP contribution in [-0.4, -0.2) is 26.2 Å². The standard InChI is InChI=1S/C15H26N2/c1-6-17(14(4)13(3)11-16-5)15-9-7-8-12(2)10-15/h7-10,13-14,16H,6,11H2,1-5H3. The minimum Gasteiger partial charge on any atom is -0.369 e. The van der Waals surface area contributed by atoms with Gasteiger partial charge in [0.25, 0.3) is 0 Å². The summed E-state index contributed by atoms with van der Waals surface area (Å²) in [7, 11) is 2.02. The zero-order chi connectivity index (χ0) is 12.8. The molecule has 1 rings (SSSR count). The highest BCUT2D eigenvalue weighted by Gasteiger charge is 2.18. The first-order chi connectivity index (χ1) is 8.10. The molecule has 0 aliphatic heterocycles. The summed E-state index contributed by atoms with van der Waals surface area (Å²) in [6.45, 7) is 11.1. The van der Waals surface area contributed by atoms with Gasteiger partial charge in [0.1, 0.15) is 0 Å². The maximum Gasteiger partial charge on any atom is 0.0371 e. The number of benzene rings is 1. The molecule has 0 spiro atoms. The molecule has 2 heteroatoms. The first-order valence-electron chi connectivity index (χ1n) is 6.58. The van der Waals surface area contributed by atoms with E-state index in [2.05, 4.69) is 62.2 Å². The van der Waals surface area contributed by atoms with Crippen LogP contribution in [0.1, 0.15) is 26.3 Å². The maximum absolute atomic E-state index is 3.26. The summed E-state index contributed by atoms with van der Waals surface area (Å²) in [5.74, 6) is 0.639. The third-order valence-electron chi connectivity index (χ3n) is 3.52. The van der Waals surface area contributed by atoms with Crippen molar-refractivity contribution in [2.24, 2.45) is 5.92 Å². The highest BCUT2D eigenvalue weighted by atomic mass is 15.2. The molecule has 0 aliphatic rings. The van der Waals surface area contributed by atoms with Crippen molar-refractivity contribution in [2.75, 3.05) is 25.0 Å². The lowest BCUT2D eigenvalue weighted by Crippen LogP contribution is -2.40. The minimum atomic E-state index is 0.550. The average molecular weight is 234 g/mol. The van der Waals surface area contributed by atoms with Gasteiger partial charge in [-0.2, -0.15) is 0 Å². The molecule has 0 amide bonds. The Kier molecular flexibility index (Phi) is 5.49. The third-order valence-corrected chi connectivity index (χ3v) is 3.52. The Labute approximate surface area is 106 Å². The van der Waals surface area contributed by atoms with Crippen molar-refractivity contribution in [3.63, 3.8) is 0 Å². The molecule has 1 aromatic carbocycles. The molecule has 0 fully saturated rings. The van der Waals surface area contributed by atoms with E-state index in [4.69, 9.17) is 0 Å². The summed E-state index contributed by atoms with van der Waals surface area (Å²) in [6, 6.07) is 9.32. The topological polar surface area (TPSA) is 15.3 Å². The fraction of sp³-hybridized carbons (Fsp3) is 0.600. The first-order valence-corrected chi connectivity index (χ1v) is 6.58. The number of nitrogens with one attached hydrogen (secondary N) is 1. The fourth-order valence-corrected chi connectivity index (χ4v) is 2.31. The van der Waals surface area contributed by atoms with Crippen molar-refractivity contribution >= 4 is 5.69 Å². The Bertz CT molecular complexity index is 335. The molecule has 96 valence electrons. The van der Waals surface area contributed by atoms with Crippen LogP contribution >= 0.6 is 0 Å². The summed E-state index contributed by atoms with van der Waals surface area (Å²) in [6.07, 6.45) is 0. The largest absolute Gasteiger partial charge is 0.369 e.